The predicted molar refractivity (Wildman–Crippen MR) is 122 cm³/mol. The van der Waals surface area contributed by atoms with Crippen molar-refractivity contribution < 1.29 is 9.13 Å². The van der Waals surface area contributed by atoms with Crippen molar-refractivity contribution >= 4 is 29.1 Å². The summed E-state index contributed by atoms with van der Waals surface area (Å²) in [6.45, 7) is 1.74. The lowest BCUT2D eigenvalue weighted by Crippen LogP contribution is -2.18. The molecular weight excluding hydrogens is 417 g/mol. The number of anilines is 3. The fourth-order valence-corrected chi connectivity index (χ4v) is 3.67. The van der Waals surface area contributed by atoms with E-state index < -0.39 is 5.82 Å². The second-order valence-electron chi connectivity index (χ2n) is 7.75. The van der Waals surface area contributed by atoms with Gasteiger partial charge in [0.2, 0.25) is 5.95 Å². The van der Waals surface area contributed by atoms with Gasteiger partial charge >= 0.3 is 0 Å². The first-order valence-corrected chi connectivity index (χ1v) is 10.6. The van der Waals surface area contributed by atoms with E-state index in [1.165, 1.54) is 17.7 Å². The highest BCUT2D eigenvalue weighted by Crippen LogP contribution is 2.38. The molecule has 0 spiro atoms. The van der Waals surface area contributed by atoms with Crippen molar-refractivity contribution in [3.8, 4) is 5.75 Å². The molecule has 1 unspecified atom stereocenters. The molecular formula is C23H25ClFN5O. The lowest BCUT2D eigenvalue weighted by molar-refractivity contribution is 0.238. The second kappa shape index (κ2) is 9.49. The molecule has 0 fully saturated rings. The van der Waals surface area contributed by atoms with Crippen LogP contribution in [0.3, 0.4) is 0 Å². The average molecular weight is 442 g/mol. The van der Waals surface area contributed by atoms with Gasteiger partial charge in [-0.1, -0.05) is 29.8 Å². The van der Waals surface area contributed by atoms with Gasteiger partial charge in [-0.15, -0.1) is 0 Å². The van der Waals surface area contributed by atoms with Gasteiger partial charge in [-0.2, -0.15) is 4.98 Å². The molecule has 2 aromatic carbocycles. The normalized spacial score (nSPS) is 14.9. The number of benzene rings is 2. The van der Waals surface area contributed by atoms with Gasteiger partial charge in [-0.3, -0.25) is 0 Å². The van der Waals surface area contributed by atoms with Crippen molar-refractivity contribution in [2.45, 2.75) is 18.9 Å². The summed E-state index contributed by atoms with van der Waals surface area (Å²) in [6.07, 6.45) is 3.37. The number of nitrogens with zero attached hydrogens (tertiary/aromatic N) is 3. The van der Waals surface area contributed by atoms with Gasteiger partial charge in [-0.05, 0) is 56.9 Å². The summed E-state index contributed by atoms with van der Waals surface area (Å²) in [5.41, 5.74) is 2.69. The van der Waals surface area contributed by atoms with Crippen LogP contribution in [-0.4, -0.2) is 42.1 Å². The molecule has 6 nitrogen and oxygen atoms in total. The van der Waals surface area contributed by atoms with Crippen molar-refractivity contribution in [1.29, 1.82) is 0 Å². The molecule has 3 aromatic rings. The fourth-order valence-electron chi connectivity index (χ4n) is 3.49. The summed E-state index contributed by atoms with van der Waals surface area (Å²) < 4.78 is 19.6. The molecule has 4 rings (SSSR count). The zero-order valence-electron chi connectivity index (χ0n) is 17.5. The average Bonchev–Trinajstić information content (AvgIpc) is 3.18. The number of rotatable bonds is 8. The van der Waals surface area contributed by atoms with Crippen LogP contribution in [0.4, 0.5) is 21.8 Å². The van der Waals surface area contributed by atoms with Crippen LogP contribution in [-0.2, 0) is 6.42 Å². The molecule has 0 saturated carbocycles. The van der Waals surface area contributed by atoms with Gasteiger partial charge in [0.25, 0.3) is 0 Å². The Bertz CT molecular complexity index is 1040. The smallest absolute Gasteiger partial charge is 0.229 e. The van der Waals surface area contributed by atoms with E-state index in [-0.39, 0.29) is 11.1 Å². The number of aromatic nitrogens is 2. The van der Waals surface area contributed by atoms with Crippen LogP contribution >= 0.6 is 11.6 Å². The topological polar surface area (TPSA) is 62.3 Å². The number of ether oxygens (including phenoxy) is 1. The molecule has 8 heteroatoms. The Morgan fingerprint density at radius 3 is 2.84 bits per heavy atom. The minimum absolute atomic E-state index is 0.0424. The van der Waals surface area contributed by atoms with E-state index in [1.54, 1.807) is 12.3 Å². The first kappa shape index (κ1) is 21.3. The van der Waals surface area contributed by atoms with Gasteiger partial charge in [0.05, 0.1) is 10.6 Å². The molecule has 2 N–H and O–H groups in total. The molecule has 2 heterocycles. The largest absolute Gasteiger partial charge is 0.485 e. The minimum Gasteiger partial charge on any atom is -0.485 e. The molecule has 31 heavy (non-hydrogen) atoms. The van der Waals surface area contributed by atoms with Crippen LogP contribution < -0.4 is 15.4 Å². The molecule has 0 saturated heterocycles. The van der Waals surface area contributed by atoms with Gasteiger partial charge in [0, 0.05) is 24.8 Å². The Morgan fingerprint density at radius 1 is 1.23 bits per heavy atom. The van der Waals surface area contributed by atoms with Crippen molar-refractivity contribution in [3.63, 3.8) is 0 Å². The number of hydrogen-bond acceptors (Lipinski definition) is 6. The third-order valence-corrected chi connectivity index (χ3v) is 5.35. The minimum atomic E-state index is -0.468. The van der Waals surface area contributed by atoms with Crippen molar-refractivity contribution in [2.75, 3.05) is 37.8 Å². The number of para-hydroxylation sites is 1. The lowest BCUT2D eigenvalue weighted by Gasteiger charge is -2.18. The molecule has 0 amide bonds. The fraction of sp³-hybridized carbons (Fsp3) is 0.304. The summed E-state index contributed by atoms with van der Waals surface area (Å²) in [4.78, 5) is 11.3. The maximum atomic E-state index is 13.5. The Kier molecular flexibility index (Phi) is 6.53. The van der Waals surface area contributed by atoms with E-state index in [2.05, 4.69) is 45.7 Å². The lowest BCUT2D eigenvalue weighted by atomic mass is 10.1. The van der Waals surface area contributed by atoms with Crippen LogP contribution in [0.25, 0.3) is 0 Å². The van der Waals surface area contributed by atoms with Gasteiger partial charge in [0.1, 0.15) is 23.5 Å². The van der Waals surface area contributed by atoms with Crippen LogP contribution in [0.2, 0.25) is 5.02 Å². The molecule has 1 aromatic heterocycles. The predicted octanol–water partition coefficient (Wildman–Crippen LogP) is 5.05. The number of fused-ring (bicyclic) bond motifs is 1. The van der Waals surface area contributed by atoms with Gasteiger partial charge in [-0.25, -0.2) is 9.37 Å². The molecule has 162 valence electrons. The molecule has 1 aliphatic heterocycles. The van der Waals surface area contributed by atoms with Crippen molar-refractivity contribution in [3.05, 3.63) is 70.6 Å². The quantitative estimate of drug-likeness (QED) is 0.477. The van der Waals surface area contributed by atoms with Gasteiger partial charge < -0.3 is 20.3 Å². The van der Waals surface area contributed by atoms with Crippen LogP contribution in [0.15, 0.2) is 48.7 Å². The van der Waals surface area contributed by atoms with Crippen molar-refractivity contribution in [2.24, 2.45) is 0 Å². The summed E-state index contributed by atoms with van der Waals surface area (Å²) >= 11 is 5.89. The molecule has 1 atom stereocenters. The Labute approximate surface area is 186 Å². The first-order valence-electron chi connectivity index (χ1n) is 10.2. The highest BCUT2D eigenvalue weighted by molar-refractivity contribution is 6.31. The van der Waals surface area contributed by atoms with Crippen LogP contribution in [0.1, 0.15) is 23.7 Å². The third kappa shape index (κ3) is 5.24. The van der Waals surface area contributed by atoms with E-state index in [1.807, 2.05) is 18.2 Å². The molecule has 1 aliphatic rings. The monoisotopic (exact) mass is 441 g/mol. The Hall–Kier alpha value is -2.90. The SMILES string of the molecule is CN(C)CCCNc1nc(Nc2ccc(F)c(Cl)c2)ncc1C1Cc2ccccc2O1. The third-order valence-electron chi connectivity index (χ3n) is 5.06. The van der Waals surface area contributed by atoms with Crippen LogP contribution in [0.5, 0.6) is 5.75 Å². The van der Waals surface area contributed by atoms with E-state index in [0.29, 0.717) is 11.6 Å². The summed E-state index contributed by atoms with van der Waals surface area (Å²) in [5, 5.41) is 6.57. The maximum absolute atomic E-state index is 13.5. The Balaban J connectivity index is 1.55. The summed E-state index contributed by atoms with van der Waals surface area (Å²) in [7, 11) is 4.10. The second-order valence-corrected chi connectivity index (χ2v) is 8.16. The van der Waals surface area contributed by atoms with Gasteiger partial charge in [0.15, 0.2) is 0 Å². The molecule has 0 radical (unpaired) electrons. The number of hydrogen-bond donors (Lipinski definition) is 2. The highest BCUT2D eigenvalue weighted by Gasteiger charge is 2.27. The highest BCUT2D eigenvalue weighted by atomic mass is 35.5. The zero-order valence-corrected chi connectivity index (χ0v) is 18.3. The molecule has 0 bridgehead atoms. The zero-order chi connectivity index (χ0) is 21.8. The maximum Gasteiger partial charge on any atom is 0.229 e. The van der Waals surface area contributed by atoms with E-state index in [0.717, 1.165) is 43.1 Å². The van der Waals surface area contributed by atoms with Crippen LogP contribution in [0, 0.1) is 5.82 Å². The summed E-state index contributed by atoms with van der Waals surface area (Å²) in [5.74, 6) is 1.55. The number of nitrogens with one attached hydrogen (secondary N) is 2. The standard InChI is InChI=1S/C23H25ClFN5O/c1-30(2)11-5-10-26-22-17(21-12-15-6-3-4-7-20(15)31-21)14-27-23(29-22)28-16-8-9-19(25)18(24)13-16/h3-4,6-9,13-14,21H,5,10-12H2,1-2H3,(H2,26,27,28,29). The van der Waals surface area contributed by atoms with E-state index in [4.69, 9.17) is 16.3 Å². The number of halogens is 2. The van der Waals surface area contributed by atoms with E-state index in [9.17, 15) is 4.39 Å². The summed E-state index contributed by atoms with van der Waals surface area (Å²) in [6, 6.07) is 12.5. The van der Waals surface area contributed by atoms with Crippen molar-refractivity contribution in [1.82, 2.24) is 14.9 Å². The Morgan fingerprint density at radius 2 is 2.06 bits per heavy atom. The van der Waals surface area contributed by atoms with E-state index >= 15 is 0 Å². The molecule has 0 aliphatic carbocycles. The first-order chi connectivity index (χ1) is 15.0.